The van der Waals surface area contributed by atoms with Crippen molar-refractivity contribution in [1.82, 2.24) is 15.1 Å². The van der Waals surface area contributed by atoms with Crippen LogP contribution < -0.4 is 5.32 Å². The molecule has 7 nitrogen and oxygen atoms in total. The second kappa shape index (κ2) is 126. The molecule has 0 radical (unpaired) electrons. The number of hydrogen-bond donors (Lipinski definition) is 2. The second-order valence-corrected chi connectivity index (χ2v) is 24.6. The molecule has 3 unspecified atom stereocenters. The van der Waals surface area contributed by atoms with E-state index < -0.39 is 6.29 Å². The van der Waals surface area contributed by atoms with E-state index in [4.69, 9.17) is 14.2 Å². The van der Waals surface area contributed by atoms with E-state index in [-0.39, 0.29) is 22.3 Å². The van der Waals surface area contributed by atoms with Crippen molar-refractivity contribution in [3.63, 3.8) is 0 Å². The van der Waals surface area contributed by atoms with Gasteiger partial charge in [0.15, 0.2) is 6.29 Å². The first kappa shape index (κ1) is 117. The molecule has 0 aromatic heterocycles. The minimum atomic E-state index is -0.573. The molecule has 0 amide bonds. The third kappa shape index (κ3) is 138. The van der Waals surface area contributed by atoms with Crippen molar-refractivity contribution in [2.45, 2.75) is 474 Å². The summed E-state index contributed by atoms with van der Waals surface area (Å²) in [5.74, 6) is 0.975. The first-order valence-electron chi connectivity index (χ1n) is 40.1. The summed E-state index contributed by atoms with van der Waals surface area (Å²) >= 11 is 0. The first-order valence-corrected chi connectivity index (χ1v) is 40.1. The lowest BCUT2D eigenvalue weighted by molar-refractivity contribution is -0.0793. The van der Waals surface area contributed by atoms with Gasteiger partial charge in [0.25, 0.3) is 0 Å². The van der Waals surface area contributed by atoms with Gasteiger partial charge in [-0.2, -0.15) is 0 Å². The van der Waals surface area contributed by atoms with E-state index >= 15 is 0 Å². The minimum absolute atomic E-state index is 0. The standard InChI is InChI=1S/C22H47N3O2.C17H36.C12H26O2.3C8H18.3C2H6.3CH4/c1-6-23-20-25(7-2)19-15-18-24(4)21(3)16-13-11-9-8-10-12-14-17-22(26)27-5;1-4-6-8-10-11-12-14-16-17(3)15-13-9-7-5-2;1-3-4-5-6-7-8-9-10-11-14-12-13-2;3*1-3-5-7-8-6-4-2;3*1-2;;;/h7,21-23,26H,2,6,8-20H2,1,3-5H3;17H,4-16H2,1-3H3;3-12H2,1-2H3;3*3-8H2,1-2H3;3*1-2H3;3*1H4. The van der Waals surface area contributed by atoms with E-state index in [2.05, 4.69) is 112 Å². The molecule has 0 aliphatic rings. The number of aliphatic hydroxyl groups excluding tert-OH is 1. The Morgan fingerprint density at radius 3 is 0.945 bits per heavy atom. The van der Waals surface area contributed by atoms with Crippen molar-refractivity contribution in [3.8, 4) is 0 Å². The number of nitrogens with zero attached hydrogens (tertiary/aromatic N) is 2. The number of hydrogen-bond acceptors (Lipinski definition) is 7. The molecule has 0 aliphatic carbocycles. The van der Waals surface area contributed by atoms with Crippen molar-refractivity contribution >= 4 is 0 Å². The van der Waals surface area contributed by atoms with E-state index in [0.717, 1.165) is 51.7 Å². The zero-order chi connectivity index (χ0) is 68.3. The summed E-state index contributed by atoms with van der Waals surface area (Å²) in [7, 11) is 5.47. The second-order valence-electron chi connectivity index (χ2n) is 24.6. The van der Waals surface area contributed by atoms with Crippen LogP contribution in [-0.2, 0) is 14.2 Å². The first-order chi connectivity index (χ1) is 43.0. The highest BCUT2D eigenvalue weighted by Gasteiger charge is 2.09. The van der Waals surface area contributed by atoms with E-state index in [0.29, 0.717) is 12.8 Å². The van der Waals surface area contributed by atoms with Crippen molar-refractivity contribution in [2.24, 2.45) is 5.92 Å². The van der Waals surface area contributed by atoms with Crippen LogP contribution in [0.4, 0.5) is 0 Å². The molecule has 0 aromatic carbocycles. The van der Waals surface area contributed by atoms with Crippen LogP contribution in [0.3, 0.4) is 0 Å². The molecule has 0 spiro atoms. The lowest BCUT2D eigenvalue weighted by atomic mass is 9.96. The predicted octanol–water partition coefficient (Wildman–Crippen LogP) is 29.8. The number of unbranched alkanes of at least 4 members (excludes halogenated alkanes) is 37. The highest BCUT2D eigenvalue weighted by atomic mass is 16.7. The van der Waals surface area contributed by atoms with Gasteiger partial charge in [-0.1, -0.05) is 429 Å². The van der Waals surface area contributed by atoms with Crippen LogP contribution in [-0.4, -0.2) is 88.2 Å². The maximum atomic E-state index is 9.32. The Kier molecular flexibility index (Phi) is 163. The fourth-order valence-electron chi connectivity index (χ4n) is 9.77. The van der Waals surface area contributed by atoms with Gasteiger partial charge in [0.2, 0.25) is 0 Å². The molecule has 0 fully saturated rings. The molecule has 3 atom stereocenters. The lowest BCUT2D eigenvalue weighted by Gasteiger charge is -2.26. The quantitative estimate of drug-likeness (QED) is 0.0465. The number of aliphatic hydroxyl groups is 1. The summed E-state index contributed by atoms with van der Waals surface area (Å²) in [6.07, 6.45) is 68.5. The summed E-state index contributed by atoms with van der Waals surface area (Å²) in [5, 5.41) is 12.7. The average Bonchev–Trinajstić information content (AvgIpc) is 3.57. The topological polar surface area (TPSA) is 66.4 Å². The SMILES string of the molecule is C.C.C.C=CN(CCCN(C)C(C)CCCCCCCCCC(O)OC)CNCC.CC.CC.CC.CCCCCCCC.CCCCCCCC.CCCCCCCC.CCCCCCCCCC(C)CCCCCC.CCCCCCCCCCOCOC. The fourth-order valence-corrected chi connectivity index (χ4v) is 9.77. The molecule has 0 heterocycles. The summed E-state index contributed by atoms with van der Waals surface area (Å²) in [6.45, 7) is 48.6. The normalized spacial score (nSPS) is 10.9. The molecular formula is C84H193N3O4. The molecule has 0 rings (SSSR count). The van der Waals surface area contributed by atoms with Crippen LogP contribution in [0.15, 0.2) is 12.8 Å². The molecule has 0 bridgehead atoms. The third-order valence-electron chi connectivity index (χ3n) is 15.9. The monoisotopic (exact) mass is 1310 g/mol. The molecule has 568 valence electrons. The van der Waals surface area contributed by atoms with Gasteiger partial charge in [0.1, 0.15) is 6.79 Å². The summed E-state index contributed by atoms with van der Waals surface area (Å²) in [6, 6.07) is 0.659. The zero-order valence-corrected chi connectivity index (χ0v) is 66.0. The van der Waals surface area contributed by atoms with E-state index in [1.54, 1.807) is 14.2 Å². The highest BCUT2D eigenvalue weighted by Crippen LogP contribution is 2.19. The Hall–Kier alpha value is -0.700. The molecule has 91 heavy (non-hydrogen) atoms. The summed E-state index contributed by atoms with van der Waals surface area (Å²) in [4.78, 5) is 4.74. The molecule has 0 saturated carbocycles. The number of methoxy groups -OCH3 is 2. The molecule has 0 aromatic rings. The van der Waals surface area contributed by atoms with E-state index in [1.807, 2.05) is 47.7 Å². The van der Waals surface area contributed by atoms with Crippen LogP contribution in [0.5, 0.6) is 0 Å². The van der Waals surface area contributed by atoms with Gasteiger partial charge in [0, 0.05) is 33.4 Å². The van der Waals surface area contributed by atoms with E-state index in [1.165, 1.54) is 302 Å². The Morgan fingerprint density at radius 1 is 0.385 bits per heavy atom. The molecule has 7 heteroatoms. The van der Waals surface area contributed by atoms with Crippen molar-refractivity contribution < 1.29 is 19.3 Å². The van der Waals surface area contributed by atoms with Gasteiger partial charge in [-0.15, -0.1) is 0 Å². The molecule has 0 saturated heterocycles. The smallest absolute Gasteiger partial charge is 0.154 e. The van der Waals surface area contributed by atoms with Gasteiger partial charge in [-0.3, -0.25) is 0 Å². The van der Waals surface area contributed by atoms with Crippen LogP contribution in [0.1, 0.15) is 462 Å². The van der Waals surface area contributed by atoms with Crippen LogP contribution in [0.25, 0.3) is 0 Å². The zero-order valence-electron chi connectivity index (χ0n) is 66.0. The maximum absolute atomic E-state index is 9.32. The Morgan fingerprint density at radius 2 is 0.659 bits per heavy atom. The van der Waals surface area contributed by atoms with Gasteiger partial charge in [-0.25, -0.2) is 0 Å². The fraction of sp³-hybridized carbons (Fsp3) is 0.976. The molecule has 0 aliphatic heterocycles. The number of nitrogens with one attached hydrogen (secondary N) is 1. The maximum Gasteiger partial charge on any atom is 0.154 e. The van der Waals surface area contributed by atoms with Crippen molar-refractivity contribution in [3.05, 3.63) is 12.8 Å². The van der Waals surface area contributed by atoms with E-state index in [9.17, 15) is 5.11 Å². The predicted molar refractivity (Wildman–Crippen MR) is 429 cm³/mol. The van der Waals surface area contributed by atoms with Gasteiger partial charge in [-0.05, 0) is 71.3 Å². The largest absolute Gasteiger partial charge is 0.368 e. The Balaban J connectivity index is -0.0000000852. The van der Waals surface area contributed by atoms with Gasteiger partial charge >= 0.3 is 0 Å². The highest BCUT2D eigenvalue weighted by molar-refractivity contribution is 4.72. The molecule has 2 N–H and O–H groups in total. The summed E-state index contributed by atoms with van der Waals surface area (Å²) in [5.41, 5.74) is 0. The van der Waals surface area contributed by atoms with Gasteiger partial charge in [0.05, 0.1) is 6.67 Å². The van der Waals surface area contributed by atoms with Crippen molar-refractivity contribution in [1.29, 1.82) is 0 Å². The van der Waals surface area contributed by atoms with Crippen molar-refractivity contribution in [2.75, 3.05) is 61.0 Å². The Bertz CT molecular complexity index is 947. The van der Waals surface area contributed by atoms with Gasteiger partial charge < -0.3 is 34.4 Å². The number of rotatable bonds is 59. The summed E-state index contributed by atoms with van der Waals surface area (Å²) < 4.78 is 14.8. The van der Waals surface area contributed by atoms with Crippen LogP contribution >= 0.6 is 0 Å². The number of ether oxygens (including phenoxy) is 3. The average molecular weight is 1310 g/mol. The third-order valence-corrected chi connectivity index (χ3v) is 15.9. The minimum Gasteiger partial charge on any atom is -0.368 e. The van der Waals surface area contributed by atoms with Crippen LogP contribution in [0.2, 0.25) is 0 Å². The Labute approximate surface area is 585 Å². The molecular weight excluding hydrogens is 1110 g/mol. The lowest BCUT2D eigenvalue weighted by Crippen LogP contribution is -2.34. The van der Waals surface area contributed by atoms with Crippen LogP contribution in [0, 0.1) is 5.92 Å².